The van der Waals surface area contributed by atoms with Crippen LogP contribution in [0.3, 0.4) is 0 Å². The number of benzene rings is 2. The molecule has 158 valence electrons. The fourth-order valence-corrected chi connectivity index (χ4v) is 14.5. The topological polar surface area (TPSA) is 0 Å². The molecular formula is C29H24Cl2Hf. The van der Waals surface area contributed by atoms with Crippen molar-refractivity contribution >= 4 is 10.9 Å². The molecule has 0 saturated carbocycles. The van der Waals surface area contributed by atoms with Crippen molar-refractivity contribution in [1.82, 2.24) is 0 Å². The average Bonchev–Trinajstić information content (AvgIpc) is 3.25. The Bertz CT molecular complexity index is 1230. The summed E-state index contributed by atoms with van der Waals surface area (Å²) in [7, 11) is 0. The van der Waals surface area contributed by atoms with Gasteiger partial charge in [-0.05, 0) is 0 Å². The van der Waals surface area contributed by atoms with E-state index < -0.39 is 21.0 Å². The number of rotatable bonds is 2. The first-order valence-corrected chi connectivity index (χ1v) is 16.9. The van der Waals surface area contributed by atoms with Gasteiger partial charge in [0.05, 0.1) is 0 Å². The second-order valence-electron chi connectivity index (χ2n) is 8.76. The van der Waals surface area contributed by atoms with Crippen LogP contribution in [0, 0.1) is 13.8 Å². The van der Waals surface area contributed by atoms with E-state index in [0.717, 1.165) is 0 Å². The number of aryl methyl sites for hydroxylation is 2. The molecule has 2 aromatic rings. The molecule has 6 rings (SSSR count). The summed E-state index contributed by atoms with van der Waals surface area (Å²) in [6.07, 6.45) is 18.3. The van der Waals surface area contributed by atoms with Gasteiger partial charge in [-0.25, -0.2) is 0 Å². The Labute approximate surface area is 210 Å². The minimum absolute atomic E-state index is 0. The third-order valence-corrected chi connectivity index (χ3v) is 15.2. The van der Waals surface area contributed by atoms with Crippen LogP contribution in [0.1, 0.15) is 45.2 Å². The van der Waals surface area contributed by atoms with Gasteiger partial charge in [-0.1, -0.05) is 0 Å². The molecule has 0 heterocycles. The molecule has 0 amide bonds. The van der Waals surface area contributed by atoms with Gasteiger partial charge in [0, 0.05) is 0 Å². The summed E-state index contributed by atoms with van der Waals surface area (Å²) in [6, 6.07) is 14.1. The molecule has 0 radical (unpaired) electrons. The Morgan fingerprint density at radius 2 is 1.09 bits per heavy atom. The van der Waals surface area contributed by atoms with Gasteiger partial charge in [-0.15, -0.1) is 0 Å². The molecule has 4 aliphatic carbocycles. The predicted molar refractivity (Wildman–Crippen MR) is 125 cm³/mol. The van der Waals surface area contributed by atoms with Crippen LogP contribution in [0.25, 0.3) is 6.66 Å². The standard InChI is InChI=1S/2C14H11.CH2.2ClH.Hf/c2*1-10-6-7-14-12(8-10)9-11-4-2-3-5-13(11)14;;;;/h2*2-8,13H,1H3;1H2;2*1H;/q;;;;;+2/p-2. The quantitative estimate of drug-likeness (QED) is 0.438. The first-order valence-electron chi connectivity index (χ1n) is 10.7. The van der Waals surface area contributed by atoms with Crippen molar-refractivity contribution in [1.29, 1.82) is 0 Å². The Kier molecular flexibility index (Phi) is 6.47. The summed E-state index contributed by atoms with van der Waals surface area (Å²) in [5.41, 5.74) is 11.6. The molecule has 0 fully saturated rings. The van der Waals surface area contributed by atoms with Crippen LogP contribution in [0.4, 0.5) is 0 Å². The van der Waals surface area contributed by atoms with Gasteiger partial charge in [0.1, 0.15) is 0 Å². The molecule has 0 aromatic heterocycles. The van der Waals surface area contributed by atoms with Crippen molar-refractivity contribution in [2.75, 3.05) is 0 Å². The minimum atomic E-state index is -2.61. The maximum absolute atomic E-state index is 5.02. The molecule has 0 N–H and O–H groups in total. The third kappa shape index (κ3) is 3.41. The molecule has 3 heteroatoms. The largest absolute Gasteiger partial charge is 1.00 e. The van der Waals surface area contributed by atoms with E-state index in [9.17, 15) is 0 Å². The van der Waals surface area contributed by atoms with E-state index in [1.165, 1.54) is 44.5 Å². The SMILES string of the molecule is [CH2]=[Hf+2]([C]1=C2C=CC=CC2c2ccc(C)cc21)[C]1=C2C=CC=CC2c2ccc(C)cc21.[Cl-].[Cl-]. The van der Waals surface area contributed by atoms with Crippen molar-refractivity contribution < 1.29 is 45.8 Å². The Morgan fingerprint density at radius 1 is 0.656 bits per heavy atom. The molecule has 2 aromatic carbocycles. The zero-order valence-corrected chi connectivity index (χ0v) is 23.3. The molecule has 0 spiro atoms. The van der Waals surface area contributed by atoms with Crippen LogP contribution >= 0.6 is 0 Å². The first kappa shape index (κ1) is 23.4. The summed E-state index contributed by atoms with van der Waals surface area (Å²) in [4.78, 5) is 0. The summed E-state index contributed by atoms with van der Waals surface area (Å²) >= 11 is -2.61. The Morgan fingerprint density at radius 3 is 1.53 bits per heavy atom. The summed E-state index contributed by atoms with van der Waals surface area (Å²) < 4.78 is 8.25. The van der Waals surface area contributed by atoms with Gasteiger partial charge < -0.3 is 24.8 Å². The van der Waals surface area contributed by atoms with E-state index >= 15 is 0 Å². The number of hydrogen-bond acceptors (Lipinski definition) is 0. The van der Waals surface area contributed by atoms with Crippen molar-refractivity contribution in [2.24, 2.45) is 0 Å². The monoisotopic (exact) mass is 622 g/mol. The van der Waals surface area contributed by atoms with Gasteiger partial charge in [0.15, 0.2) is 0 Å². The van der Waals surface area contributed by atoms with Gasteiger partial charge in [0.2, 0.25) is 0 Å². The smallest absolute Gasteiger partial charge is 1.00 e. The summed E-state index contributed by atoms with van der Waals surface area (Å²) in [5.74, 6) is 0.813. The zero-order valence-electron chi connectivity index (χ0n) is 18.2. The second kappa shape index (κ2) is 8.86. The Hall–Kier alpha value is -1.80. The average molecular weight is 622 g/mol. The van der Waals surface area contributed by atoms with Gasteiger partial charge >= 0.3 is 187 Å². The van der Waals surface area contributed by atoms with Gasteiger partial charge in [-0.2, -0.15) is 0 Å². The molecule has 2 atom stereocenters. The van der Waals surface area contributed by atoms with Crippen LogP contribution in [-0.4, -0.2) is 4.26 Å². The van der Waals surface area contributed by atoms with E-state index in [0.29, 0.717) is 11.8 Å². The van der Waals surface area contributed by atoms with Crippen LogP contribution in [0.5, 0.6) is 0 Å². The van der Waals surface area contributed by atoms with Gasteiger partial charge in [-0.3, -0.25) is 0 Å². The summed E-state index contributed by atoms with van der Waals surface area (Å²) in [6.45, 7) is 4.43. The van der Waals surface area contributed by atoms with Crippen molar-refractivity contribution in [3.63, 3.8) is 0 Å². The number of allylic oxidation sites excluding steroid dienone is 10. The summed E-state index contributed by atoms with van der Waals surface area (Å²) in [5, 5.41) is 0. The predicted octanol–water partition coefficient (Wildman–Crippen LogP) is 0.930. The molecule has 0 bridgehead atoms. The molecule has 0 nitrogen and oxygen atoms in total. The molecule has 32 heavy (non-hydrogen) atoms. The second-order valence-corrected chi connectivity index (χ2v) is 15.8. The van der Waals surface area contributed by atoms with E-state index in [1.807, 2.05) is 0 Å². The molecule has 4 aliphatic rings. The maximum atomic E-state index is 5.02. The van der Waals surface area contributed by atoms with E-state index in [2.05, 4.69) is 98.9 Å². The van der Waals surface area contributed by atoms with E-state index in [-0.39, 0.29) is 24.8 Å². The van der Waals surface area contributed by atoms with Crippen LogP contribution in [-0.2, 0) is 21.0 Å². The van der Waals surface area contributed by atoms with Crippen LogP contribution in [0.15, 0.2) is 96.2 Å². The Balaban J connectivity index is 0.00000122. The van der Waals surface area contributed by atoms with Crippen LogP contribution < -0.4 is 24.8 Å². The van der Waals surface area contributed by atoms with Crippen molar-refractivity contribution in [3.8, 4) is 0 Å². The van der Waals surface area contributed by atoms with E-state index in [4.69, 9.17) is 4.26 Å². The van der Waals surface area contributed by atoms with Crippen molar-refractivity contribution in [2.45, 2.75) is 25.7 Å². The minimum Gasteiger partial charge on any atom is -1.00 e. The fourth-order valence-electron chi connectivity index (χ4n) is 5.53. The molecule has 2 unspecified atom stereocenters. The zero-order chi connectivity index (χ0) is 20.4. The molecule has 0 saturated heterocycles. The van der Waals surface area contributed by atoms with E-state index in [1.54, 1.807) is 6.66 Å². The van der Waals surface area contributed by atoms with Crippen molar-refractivity contribution in [3.05, 3.63) is 130 Å². The first-order chi connectivity index (χ1) is 14.6. The third-order valence-electron chi connectivity index (χ3n) is 6.86. The maximum Gasteiger partial charge on any atom is -1.00 e. The normalized spacial score (nSPS) is 20.7. The number of fused-ring (bicyclic) bond motifs is 6. The number of halogens is 2. The number of hydrogen-bond donors (Lipinski definition) is 0. The van der Waals surface area contributed by atoms with Gasteiger partial charge in [0.25, 0.3) is 0 Å². The molecule has 0 aliphatic heterocycles. The fraction of sp³-hybridized carbons (Fsp3) is 0.138. The van der Waals surface area contributed by atoms with Crippen LogP contribution in [0.2, 0.25) is 0 Å². The molecular weight excluding hydrogens is 598 g/mol.